The van der Waals surface area contributed by atoms with E-state index in [1.165, 1.54) is 0 Å². The van der Waals surface area contributed by atoms with Crippen LogP contribution >= 0.6 is 0 Å². The third-order valence-electron chi connectivity index (χ3n) is 6.01. The molecule has 41 heavy (non-hydrogen) atoms. The summed E-state index contributed by atoms with van der Waals surface area (Å²) in [6.45, 7) is 9.31. The van der Waals surface area contributed by atoms with Gasteiger partial charge < -0.3 is 33.2 Å². The van der Waals surface area contributed by atoms with Crippen LogP contribution in [0.2, 0.25) is 0 Å². The average molecular weight is 572 g/mol. The molecule has 0 bridgehead atoms. The van der Waals surface area contributed by atoms with Gasteiger partial charge in [0.25, 0.3) is 0 Å². The number of benzene rings is 2. The van der Waals surface area contributed by atoms with E-state index in [0.717, 1.165) is 16.9 Å². The van der Waals surface area contributed by atoms with E-state index in [2.05, 4.69) is 10.0 Å². The smallest absolute Gasteiger partial charge is 0.332 e. The number of azide groups is 1. The van der Waals surface area contributed by atoms with E-state index in [0.29, 0.717) is 6.61 Å². The van der Waals surface area contributed by atoms with Gasteiger partial charge in [-0.25, -0.2) is 4.79 Å². The zero-order valence-electron chi connectivity index (χ0n) is 24.6. The zero-order chi connectivity index (χ0) is 29.8. The molecule has 5 atom stereocenters. The predicted molar refractivity (Wildman–Crippen MR) is 151 cm³/mol. The van der Waals surface area contributed by atoms with Crippen LogP contribution in [0, 0.1) is 0 Å². The average Bonchev–Trinajstić information content (AvgIpc) is 2.92. The van der Waals surface area contributed by atoms with Gasteiger partial charge in [-0.1, -0.05) is 47.6 Å². The van der Waals surface area contributed by atoms with E-state index in [4.69, 9.17) is 33.2 Å². The summed E-state index contributed by atoms with van der Waals surface area (Å²) in [5.74, 6) is 0.195. The van der Waals surface area contributed by atoms with Crippen LogP contribution in [0.25, 0.3) is 10.4 Å². The van der Waals surface area contributed by atoms with Crippen molar-refractivity contribution in [2.75, 3.05) is 20.3 Å². The second-order valence-electron chi connectivity index (χ2n) is 10.9. The number of carbonyl (C=O) groups excluding carboxylic acids is 1. The summed E-state index contributed by atoms with van der Waals surface area (Å²) in [7, 11) is 1.61. The Balaban J connectivity index is 1.85. The Kier molecular flexibility index (Phi) is 12.4. The van der Waals surface area contributed by atoms with Gasteiger partial charge in [0.05, 0.1) is 33.0 Å². The Morgan fingerprint density at radius 3 is 2.29 bits per heavy atom. The Morgan fingerprint density at radius 2 is 1.68 bits per heavy atom. The minimum absolute atomic E-state index is 0.124. The maximum atomic E-state index is 12.6. The molecule has 3 rings (SSSR count). The summed E-state index contributed by atoms with van der Waals surface area (Å²) in [6, 6.07) is 16.2. The zero-order valence-corrected chi connectivity index (χ0v) is 24.6. The van der Waals surface area contributed by atoms with Gasteiger partial charge in [0.2, 0.25) is 0 Å². The molecule has 1 fully saturated rings. The van der Waals surface area contributed by atoms with Gasteiger partial charge >= 0.3 is 5.97 Å². The number of methoxy groups -OCH3 is 1. The lowest BCUT2D eigenvalue weighted by molar-refractivity contribution is -0.292. The van der Waals surface area contributed by atoms with Crippen LogP contribution in [0.15, 0.2) is 59.7 Å². The molecule has 0 spiro atoms. The monoisotopic (exact) mass is 571 g/mol. The van der Waals surface area contributed by atoms with Crippen LogP contribution in [0.3, 0.4) is 0 Å². The minimum Gasteiger partial charge on any atom is -0.497 e. The molecule has 0 aromatic heterocycles. The van der Waals surface area contributed by atoms with Crippen LogP contribution in [-0.2, 0) is 46.4 Å². The van der Waals surface area contributed by atoms with E-state index in [1.807, 2.05) is 68.4 Å². The molecule has 1 saturated heterocycles. The maximum Gasteiger partial charge on any atom is 0.332 e. The predicted octanol–water partition coefficient (Wildman–Crippen LogP) is 5.35. The quantitative estimate of drug-likeness (QED) is 0.128. The lowest BCUT2D eigenvalue weighted by Gasteiger charge is -2.45. The van der Waals surface area contributed by atoms with Gasteiger partial charge in [-0.3, -0.25) is 0 Å². The third-order valence-corrected chi connectivity index (χ3v) is 6.01. The third kappa shape index (κ3) is 10.6. The summed E-state index contributed by atoms with van der Waals surface area (Å²) >= 11 is 0. The number of carbonyl (C=O) groups is 1. The normalized spacial score (nSPS) is 22.7. The van der Waals surface area contributed by atoms with Crippen molar-refractivity contribution in [1.82, 2.24) is 0 Å². The molecular formula is C30H41N3O8. The second kappa shape index (κ2) is 15.7. The number of ether oxygens (including phenoxy) is 7. The molecule has 224 valence electrons. The largest absolute Gasteiger partial charge is 0.497 e. The minimum atomic E-state index is -0.958. The summed E-state index contributed by atoms with van der Waals surface area (Å²) in [5, 5.41) is 3.96. The Labute approximate surface area is 241 Å². The molecule has 1 aliphatic rings. The van der Waals surface area contributed by atoms with Crippen LogP contribution in [0.5, 0.6) is 5.75 Å². The Bertz CT molecular complexity index is 1120. The summed E-state index contributed by atoms with van der Waals surface area (Å²) in [5.41, 5.74) is 10.6. The SMILES string of the molecule is COc1ccc(COCC2O[C@@H](OC(C)C)C(N=[N+]=[N-])[C@@H](OCC(=O)OC(C)(C)C)[C@@H]2OCc2ccccc2)cc1. The highest BCUT2D eigenvalue weighted by Gasteiger charge is 2.48. The highest BCUT2D eigenvalue weighted by molar-refractivity contribution is 5.71. The van der Waals surface area contributed by atoms with E-state index in [1.54, 1.807) is 27.9 Å². The van der Waals surface area contributed by atoms with Crippen molar-refractivity contribution in [3.05, 3.63) is 76.2 Å². The first-order valence-corrected chi connectivity index (χ1v) is 13.6. The van der Waals surface area contributed by atoms with Crippen LogP contribution in [-0.4, -0.2) is 68.6 Å². The first kappa shape index (κ1) is 32.3. The van der Waals surface area contributed by atoms with E-state index >= 15 is 0 Å². The van der Waals surface area contributed by atoms with Gasteiger partial charge in [0.15, 0.2) is 6.29 Å². The lowest BCUT2D eigenvalue weighted by atomic mass is 9.96. The molecule has 0 aliphatic carbocycles. The number of hydrogen-bond acceptors (Lipinski definition) is 9. The maximum absolute atomic E-state index is 12.6. The van der Waals surface area contributed by atoms with Gasteiger partial charge in [-0.15, -0.1) is 0 Å². The molecule has 0 radical (unpaired) electrons. The van der Waals surface area contributed by atoms with Crippen molar-refractivity contribution >= 4 is 5.97 Å². The molecule has 2 unspecified atom stereocenters. The lowest BCUT2D eigenvalue weighted by Crippen LogP contribution is -2.61. The van der Waals surface area contributed by atoms with Gasteiger partial charge in [-0.05, 0) is 63.4 Å². The van der Waals surface area contributed by atoms with Crippen molar-refractivity contribution in [2.45, 2.75) is 90.2 Å². The number of hydrogen-bond donors (Lipinski definition) is 0. The molecule has 11 nitrogen and oxygen atoms in total. The molecule has 0 amide bonds. The molecule has 11 heteroatoms. The summed E-state index contributed by atoms with van der Waals surface area (Å²) < 4.78 is 41.5. The van der Waals surface area contributed by atoms with E-state index in [-0.39, 0.29) is 25.9 Å². The second-order valence-corrected chi connectivity index (χ2v) is 10.9. The molecule has 1 aliphatic heterocycles. The topological polar surface area (TPSA) is 130 Å². The molecular weight excluding hydrogens is 530 g/mol. The standard InChI is InChI=1S/C30H41N3O8/c1-20(2)39-29-26(32-33-31)28(38-19-25(34)41-30(3,4)5)27(37-17-21-10-8-7-9-11-21)24(40-29)18-36-16-22-12-14-23(35-6)15-13-22/h7-15,20,24,26-29H,16-19H2,1-6H3/t24?,26?,27-,28-,29-/m1/s1. The first-order valence-electron chi connectivity index (χ1n) is 13.6. The van der Waals surface area contributed by atoms with Crippen LogP contribution < -0.4 is 4.74 Å². The highest BCUT2D eigenvalue weighted by Crippen LogP contribution is 2.31. The number of esters is 1. The van der Waals surface area contributed by atoms with Gasteiger partial charge in [0.1, 0.15) is 42.3 Å². The van der Waals surface area contributed by atoms with Crippen molar-refractivity contribution in [2.24, 2.45) is 5.11 Å². The van der Waals surface area contributed by atoms with Crippen molar-refractivity contribution in [3.63, 3.8) is 0 Å². The van der Waals surface area contributed by atoms with E-state index < -0.39 is 42.2 Å². The van der Waals surface area contributed by atoms with Crippen molar-refractivity contribution in [3.8, 4) is 5.75 Å². The first-order chi connectivity index (χ1) is 19.6. The van der Waals surface area contributed by atoms with Crippen molar-refractivity contribution < 1.29 is 38.0 Å². The summed E-state index contributed by atoms with van der Waals surface area (Å²) in [6.07, 6.45) is -3.54. The molecule has 2 aromatic carbocycles. The summed E-state index contributed by atoms with van der Waals surface area (Å²) in [4.78, 5) is 15.6. The highest BCUT2D eigenvalue weighted by atomic mass is 16.7. The fraction of sp³-hybridized carbons (Fsp3) is 0.567. The molecule has 1 heterocycles. The van der Waals surface area contributed by atoms with Crippen LogP contribution in [0.1, 0.15) is 45.7 Å². The van der Waals surface area contributed by atoms with Crippen LogP contribution in [0.4, 0.5) is 0 Å². The Morgan fingerprint density at radius 1 is 1.00 bits per heavy atom. The van der Waals surface area contributed by atoms with Gasteiger partial charge in [0, 0.05) is 4.91 Å². The van der Waals surface area contributed by atoms with Crippen molar-refractivity contribution in [1.29, 1.82) is 0 Å². The molecule has 2 aromatic rings. The van der Waals surface area contributed by atoms with E-state index in [9.17, 15) is 10.3 Å². The van der Waals surface area contributed by atoms with Gasteiger partial charge in [-0.2, -0.15) is 0 Å². The Hall–Kier alpha value is -3.18. The number of rotatable bonds is 14. The molecule has 0 saturated carbocycles. The fourth-order valence-electron chi connectivity index (χ4n) is 4.30. The molecule has 0 N–H and O–H groups in total. The fourth-order valence-corrected chi connectivity index (χ4v) is 4.30. The number of nitrogens with zero attached hydrogens (tertiary/aromatic N) is 3.